The van der Waals surface area contributed by atoms with Gasteiger partial charge in [0.2, 0.25) is 11.8 Å². The van der Waals surface area contributed by atoms with Crippen molar-refractivity contribution in [2.45, 2.75) is 12.8 Å². The SMILES string of the molecule is O=C(Nc1ccccc1)C1CCN(C(=O)C=Cc2cc3ccsc3c(Cl)c2Cl)CC1. The fourth-order valence-electron chi connectivity index (χ4n) is 3.58. The molecule has 0 saturated carbocycles. The van der Waals surface area contributed by atoms with Gasteiger partial charge < -0.3 is 10.2 Å². The monoisotopic (exact) mass is 458 g/mol. The number of piperidine rings is 1. The van der Waals surface area contributed by atoms with Crippen LogP contribution >= 0.6 is 34.5 Å². The predicted octanol–water partition coefficient (Wildman–Crippen LogP) is 6.10. The summed E-state index contributed by atoms with van der Waals surface area (Å²) in [7, 11) is 0. The van der Waals surface area contributed by atoms with E-state index in [1.165, 1.54) is 17.4 Å². The Kier molecular flexibility index (Phi) is 6.42. The fourth-order valence-corrected chi connectivity index (χ4v) is 5.02. The number of nitrogens with zero attached hydrogens (tertiary/aromatic N) is 1. The summed E-state index contributed by atoms with van der Waals surface area (Å²) >= 11 is 14.3. The average molecular weight is 459 g/mol. The van der Waals surface area contributed by atoms with Crippen molar-refractivity contribution < 1.29 is 9.59 Å². The molecule has 2 aromatic carbocycles. The number of anilines is 1. The van der Waals surface area contributed by atoms with Crippen LogP contribution in [0.15, 0.2) is 53.9 Å². The van der Waals surface area contributed by atoms with Crippen molar-refractivity contribution in [2.75, 3.05) is 18.4 Å². The van der Waals surface area contributed by atoms with E-state index < -0.39 is 0 Å². The molecule has 0 unspecified atom stereocenters. The molecule has 4 nitrogen and oxygen atoms in total. The van der Waals surface area contributed by atoms with E-state index in [4.69, 9.17) is 23.2 Å². The highest BCUT2D eigenvalue weighted by atomic mass is 35.5. The molecule has 0 atom stereocenters. The first-order valence-corrected chi connectivity index (χ1v) is 11.3. The van der Waals surface area contributed by atoms with Crippen molar-refractivity contribution in [3.8, 4) is 0 Å². The standard InChI is InChI=1S/C23H20Cl2N2O2S/c24-20-16(14-17-10-13-30-22(17)21(20)25)6-7-19(28)27-11-8-15(9-12-27)23(29)26-18-4-2-1-3-5-18/h1-7,10,13-15H,8-9,11-12H2,(H,26,29). The van der Waals surface area contributed by atoms with Crippen molar-refractivity contribution in [1.82, 2.24) is 4.90 Å². The summed E-state index contributed by atoms with van der Waals surface area (Å²) in [6, 6.07) is 13.3. The molecule has 3 aromatic rings. The van der Waals surface area contributed by atoms with E-state index in [2.05, 4.69) is 5.32 Å². The topological polar surface area (TPSA) is 49.4 Å². The number of halogens is 2. The summed E-state index contributed by atoms with van der Waals surface area (Å²) < 4.78 is 0.945. The van der Waals surface area contributed by atoms with Gasteiger partial charge in [0.15, 0.2) is 0 Å². The maximum absolute atomic E-state index is 12.6. The summed E-state index contributed by atoms with van der Waals surface area (Å²) in [5.41, 5.74) is 1.51. The second-order valence-electron chi connectivity index (χ2n) is 7.22. The number of benzene rings is 2. The van der Waals surface area contributed by atoms with Crippen LogP contribution in [0.2, 0.25) is 10.0 Å². The summed E-state index contributed by atoms with van der Waals surface area (Å²) in [5.74, 6) is -0.170. The summed E-state index contributed by atoms with van der Waals surface area (Å²) in [6.45, 7) is 1.10. The second-order valence-corrected chi connectivity index (χ2v) is 8.89. The van der Waals surface area contributed by atoms with Gasteiger partial charge >= 0.3 is 0 Å². The van der Waals surface area contributed by atoms with E-state index in [0.29, 0.717) is 36.0 Å². The van der Waals surface area contributed by atoms with E-state index in [1.54, 1.807) is 11.0 Å². The zero-order valence-corrected chi connectivity index (χ0v) is 18.4. The number of hydrogen-bond acceptors (Lipinski definition) is 3. The molecule has 2 heterocycles. The Hall–Kier alpha value is -2.34. The van der Waals surface area contributed by atoms with Crippen LogP contribution in [-0.4, -0.2) is 29.8 Å². The molecule has 1 saturated heterocycles. The lowest BCUT2D eigenvalue weighted by atomic mass is 9.95. The minimum atomic E-state index is -0.0903. The highest BCUT2D eigenvalue weighted by Crippen LogP contribution is 2.37. The molecule has 4 rings (SSSR count). The number of fused-ring (bicyclic) bond motifs is 1. The second kappa shape index (κ2) is 9.21. The number of thiophene rings is 1. The van der Waals surface area contributed by atoms with Gasteiger partial charge in [0.05, 0.1) is 14.7 Å². The van der Waals surface area contributed by atoms with Crippen molar-refractivity contribution in [2.24, 2.45) is 5.92 Å². The Labute approximate surface area is 189 Å². The molecule has 1 aliphatic rings. The van der Waals surface area contributed by atoms with Gasteiger partial charge in [-0.25, -0.2) is 0 Å². The molecule has 0 aliphatic carbocycles. The third kappa shape index (κ3) is 4.53. The third-order valence-corrected chi connectivity index (χ3v) is 7.22. The van der Waals surface area contributed by atoms with E-state index >= 15 is 0 Å². The van der Waals surface area contributed by atoms with Crippen LogP contribution in [0.3, 0.4) is 0 Å². The molecule has 0 radical (unpaired) electrons. The highest BCUT2D eigenvalue weighted by Gasteiger charge is 2.26. The Morgan fingerprint density at radius 2 is 1.80 bits per heavy atom. The van der Waals surface area contributed by atoms with E-state index in [0.717, 1.165) is 21.3 Å². The van der Waals surface area contributed by atoms with Gasteiger partial charge in [-0.3, -0.25) is 9.59 Å². The van der Waals surface area contributed by atoms with Crippen LogP contribution < -0.4 is 5.32 Å². The van der Waals surface area contributed by atoms with E-state index in [-0.39, 0.29) is 17.7 Å². The summed E-state index contributed by atoms with van der Waals surface area (Å²) in [6.07, 6.45) is 4.53. The first-order valence-electron chi connectivity index (χ1n) is 9.71. The van der Waals surface area contributed by atoms with Gasteiger partial charge in [0, 0.05) is 30.8 Å². The largest absolute Gasteiger partial charge is 0.339 e. The molecular formula is C23H20Cl2N2O2S. The Balaban J connectivity index is 1.35. The molecule has 1 aromatic heterocycles. The summed E-state index contributed by atoms with van der Waals surface area (Å²) in [4.78, 5) is 26.8. The Morgan fingerprint density at radius 3 is 2.53 bits per heavy atom. The first kappa shape index (κ1) is 20.9. The lowest BCUT2D eigenvalue weighted by Gasteiger charge is -2.30. The summed E-state index contributed by atoms with van der Waals surface area (Å²) in [5, 5.41) is 6.88. The van der Waals surface area contributed by atoms with Crippen molar-refractivity contribution >= 4 is 68.2 Å². The minimum Gasteiger partial charge on any atom is -0.339 e. The van der Waals surface area contributed by atoms with Crippen LogP contribution in [0, 0.1) is 5.92 Å². The Morgan fingerprint density at radius 1 is 1.07 bits per heavy atom. The van der Waals surface area contributed by atoms with E-state index in [1.807, 2.05) is 47.8 Å². The number of hydrogen-bond donors (Lipinski definition) is 1. The number of nitrogens with one attached hydrogen (secondary N) is 1. The van der Waals surface area contributed by atoms with Gasteiger partial charge in [-0.15, -0.1) is 11.3 Å². The normalized spacial score (nSPS) is 15.1. The van der Waals surface area contributed by atoms with E-state index in [9.17, 15) is 9.59 Å². The van der Waals surface area contributed by atoms with Gasteiger partial charge in [0.1, 0.15) is 0 Å². The number of likely N-dealkylation sites (tertiary alicyclic amines) is 1. The number of para-hydroxylation sites is 1. The van der Waals surface area contributed by atoms with Crippen LogP contribution in [0.1, 0.15) is 18.4 Å². The number of rotatable bonds is 4. The van der Waals surface area contributed by atoms with Crippen molar-refractivity contribution in [3.05, 3.63) is 69.5 Å². The predicted molar refractivity (Wildman–Crippen MR) is 125 cm³/mol. The van der Waals surface area contributed by atoms with Crippen LogP contribution in [0.25, 0.3) is 16.2 Å². The molecule has 154 valence electrons. The van der Waals surface area contributed by atoms with Crippen LogP contribution in [0.4, 0.5) is 5.69 Å². The third-order valence-electron chi connectivity index (χ3n) is 5.28. The maximum atomic E-state index is 12.6. The van der Waals surface area contributed by atoms with Crippen LogP contribution in [-0.2, 0) is 9.59 Å². The number of carbonyl (C=O) groups is 2. The average Bonchev–Trinajstić information content (AvgIpc) is 3.24. The van der Waals surface area contributed by atoms with Crippen LogP contribution in [0.5, 0.6) is 0 Å². The minimum absolute atomic E-state index is 0.00864. The van der Waals surface area contributed by atoms with Crippen molar-refractivity contribution in [1.29, 1.82) is 0 Å². The zero-order valence-electron chi connectivity index (χ0n) is 16.1. The first-order chi connectivity index (χ1) is 14.5. The quantitative estimate of drug-likeness (QED) is 0.480. The highest BCUT2D eigenvalue weighted by molar-refractivity contribution is 7.18. The molecular weight excluding hydrogens is 439 g/mol. The number of amides is 2. The maximum Gasteiger partial charge on any atom is 0.246 e. The van der Waals surface area contributed by atoms with Gasteiger partial charge in [-0.2, -0.15) is 0 Å². The molecule has 30 heavy (non-hydrogen) atoms. The molecule has 7 heteroatoms. The molecule has 0 spiro atoms. The molecule has 2 amide bonds. The molecule has 0 bridgehead atoms. The molecule has 1 N–H and O–H groups in total. The Bertz CT molecular complexity index is 1100. The lowest BCUT2D eigenvalue weighted by molar-refractivity contribution is -0.130. The molecule has 1 aliphatic heterocycles. The van der Waals surface area contributed by atoms with Crippen molar-refractivity contribution in [3.63, 3.8) is 0 Å². The van der Waals surface area contributed by atoms with Gasteiger partial charge in [-0.1, -0.05) is 41.4 Å². The fraction of sp³-hybridized carbons (Fsp3) is 0.217. The van der Waals surface area contributed by atoms with Gasteiger partial charge in [-0.05, 0) is 59.5 Å². The number of carbonyl (C=O) groups excluding carboxylic acids is 2. The molecule has 1 fully saturated rings. The lowest BCUT2D eigenvalue weighted by Crippen LogP contribution is -2.40. The van der Waals surface area contributed by atoms with Gasteiger partial charge in [0.25, 0.3) is 0 Å². The smallest absolute Gasteiger partial charge is 0.246 e. The zero-order chi connectivity index (χ0) is 21.1.